The maximum atomic E-state index is 11.3. The summed E-state index contributed by atoms with van der Waals surface area (Å²) in [4.78, 5) is 22.3. The third-order valence-electron chi connectivity index (χ3n) is 2.10. The van der Waals surface area contributed by atoms with Crippen LogP contribution in [0.3, 0.4) is 0 Å². The third-order valence-corrected chi connectivity index (χ3v) is 2.34. The van der Waals surface area contributed by atoms with Gasteiger partial charge in [-0.15, -0.1) is 11.6 Å². The molecule has 2 N–H and O–H groups in total. The molecule has 0 unspecified atom stereocenters. The zero-order valence-corrected chi connectivity index (χ0v) is 10.4. The van der Waals surface area contributed by atoms with Crippen molar-refractivity contribution in [1.82, 2.24) is 5.32 Å². The monoisotopic (exact) mass is 254 g/mol. The van der Waals surface area contributed by atoms with E-state index in [1.54, 1.807) is 24.3 Å². The van der Waals surface area contributed by atoms with Crippen molar-refractivity contribution in [2.75, 3.05) is 17.7 Å². The molecule has 0 aliphatic carbocycles. The van der Waals surface area contributed by atoms with Crippen LogP contribution in [0.5, 0.6) is 0 Å². The molecule has 0 atom stereocenters. The van der Waals surface area contributed by atoms with Crippen LogP contribution in [-0.2, 0) is 16.0 Å². The maximum Gasteiger partial charge on any atom is 0.239 e. The van der Waals surface area contributed by atoms with E-state index in [-0.39, 0.29) is 17.7 Å². The van der Waals surface area contributed by atoms with Crippen molar-refractivity contribution < 1.29 is 9.59 Å². The van der Waals surface area contributed by atoms with Crippen LogP contribution in [0.25, 0.3) is 0 Å². The number of carbonyl (C=O) groups excluding carboxylic acids is 2. The highest BCUT2D eigenvalue weighted by molar-refractivity contribution is 6.29. The first-order valence-electron chi connectivity index (χ1n) is 5.37. The lowest BCUT2D eigenvalue weighted by molar-refractivity contribution is -0.120. The molecule has 0 radical (unpaired) electrons. The van der Waals surface area contributed by atoms with Crippen molar-refractivity contribution in [3.8, 4) is 0 Å². The number of carbonyl (C=O) groups is 2. The average Bonchev–Trinajstić information content (AvgIpc) is 2.32. The van der Waals surface area contributed by atoms with Gasteiger partial charge in [0.2, 0.25) is 11.8 Å². The third kappa shape index (κ3) is 4.87. The summed E-state index contributed by atoms with van der Waals surface area (Å²) < 4.78 is 0. The van der Waals surface area contributed by atoms with Gasteiger partial charge in [-0.2, -0.15) is 0 Å². The van der Waals surface area contributed by atoms with Crippen LogP contribution in [0.4, 0.5) is 5.69 Å². The Bertz CT molecular complexity index is 390. The fraction of sp³-hybridized carbons (Fsp3) is 0.333. The molecule has 2 amide bonds. The maximum absolute atomic E-state index is 11.3. The van der Waals surface area contributed by atoms with Gasteiger partial charge in [0.25, 0.3) is 0 Å². The largest absolute Gasteiger partial charge is 0.356 e. The SMILES string of the molecule is CCNC(=O)Cc1ccc(NC(=O)CCl)cc1. The predicted octanol–water partition coefficient (Wildman–Crippen LogP) is 1.54. The van der Waals surface area contributed by atoms with Crippen LogP contribution in [0, 0.1) is 0 Å². The van der Waals surface area contributed by atoms with E-state index < -0.39 is 0 Å². The van der Waals surface area contributed by atoms with Gasteiger partial charge in [0.1, 0.15) is 5.88 Å². The molecule has 5 heteroatoms. The Morgan fingerprint density at radius 3 is 2.35 bits per heavy atom. The fourth-order valence-corrected chi connectivity index (χ4v) is 1.41. The van der Waals surface area contributed by atoms with E-state index in [1.165, 1.54) is 0 Å². The van der Waals surface area contributed by atoms with Gasteiger partial charge in [-0.3, -0.25) is 9.59 Å². The normalized spacial score (nSPS) is 9.76. The Balaban J connectivity index is 2.55. The summed E-state index contributed by atoms with van der Waals surface area (Å²) in [5, 5.41) is 5.35. The van der Waals surface area contributed by atoms with E-state index in [4.69, 9.17) is 11.6 Å². The molecule has 0 fully saturated rings. The van der Waals surface area contributed by atoms with Crippen molar-refractivity contribution >= 4 is 29.1 Å². The fourth-order valence-electron chi connectivity index (χ4n) is 1.35. The highest BCUT2D eigenvalue weighted by atomic mass is 35.5. The summed E-state index contributed by atoms with van der Waals surface area (Å²) in [7, 11) is 0. The van der Waals surface area contributed by atoms with Gasteiger partial charge in [0.05, 0.1) is 6.42 Å². The van der Waals surface area contributed by atoms with Gasteiger partial charge in [0.15, 0.2) is 0 Å². The van der Waals surface area contributed by atoms with Gasteiger partial charge in [-0.05, 0) is 24.6 Å². The Labute approximate surface area is 105 Å². The lowest BCUT2D eigenvalue weighted by Gasteiger charge is -2.05. The molecule has 0 heterocycles. The van der Waals surface area contributed by atoms with Gasteiger partial charge < -0.3 is 10.6 Å². The number of likely N-dealkylation sites (N-methyl/N-ethyl adjacent to an activating group) is 1. The first-order valence-corrected chi connectivity index (χ1v) is 5.90. The molecular weight excluding hydrogens is 240 g/mol. The van der Waals surface area contributed by atoms with Crippen LogP contribution in [-0.4, -0.2) is 24.2 Å². The van der Waals surface area contributed by atoms with Crippen molar-refractivity contribution in [3.05, 3.63) is 29.8 Å². The number of hydrogen-bond donors (Lipinski definition) is 2. The minimum Gasteiger partial charge on any atom is -0.356 e. The number of alkyl halides is 1. The van der Waals surface area contributed by atoms with Crippen molar-refractivity contribution in [2.45, 2.75) is 13.3 Å². The number of hydrogen-bond acceptors (Lipinski definition) is 2. The standard InChI is InChI=1S/C12H15ClN2O2/c1-2-14-11(16)7-9-3-5-10(6-4-9)15-12(17)8-13/h3-6H,2,7-8H2,1H3,(H,14,16)(H,15,17). The molecule has 1 aromatic rings. The molecule has 0 aliphatic rings. The van der Waals surface area contributed by atoms with Gasteiger partial charge in [-0.25, -0.2) is 0 Å². The number of benzene rings is 1. The number of anilines is 1. The summed E-state index contributed by atoms with van der Waals surface area (Å²) in [5.74, 6) is -0.325. The molecule has 0 aliphatic heterocycles. The van der Waals surface area contributed by atoms with Crippen LogP contribution in [0.1, 0.15) is 12.5 Å². The second-order valence-electron chi connectivity index (χ2n) is 3.51. The van der Waals surface area contributed by atoms with Crippen molar-refractivity contribution in [2.24, 2.45) is 0 Å². The summed E-state index contributed by atoms with van der Waals surface area (Å²) in [6, 6.07) is 7.11. The number of rotatable bonds is 5. The van der Waals surface area contributed by atoms with Crippen LogP contribution < -0.4 is 10.6 Å². The minimum atomic E-state index is -0.247. The first kappa shape index (κ1) is 13.5. The predicted molar refractivity (Wildman–Crippen MR) is 68.2 cm³/mol. The summed E-state index contributed by atoms with van der Waals surface area (Å²) in [6.07, 6.45) is 0.345. The Morgan fingerprint density at radius 1 is 1.18 bits per heavy atom. The Kier molecular flexibility index (Phi) is 5.49. The molecule has 17 heavy (non-hydrogen) atoms. The highest BCUT2D eigenvalue weighted by Gasteiger charge is 2.03. The summed E-state index contributed by atoms with van der Waals surface area (Å²) in [6.45, 7) is 2.51. The zero-order valence-electron chi connectivity index (χ0n) is 9.63. The summed E-state index contributed by atoms with van der Waals surface area (Å²) in [5.41, 5.74) is 1.58. The molecule has 0 bridgehead atoms. The number of amides is 2. The van der Waals surface area contributed by atoms with E-state index in [2.05, 4.69) is 10.6 Å². The summed E-state index contributed by atoms with van der Waals surface area (Å²) >= 11 is 5.37. The van der Waals surface area contributed by atoms with E-state index >= 15 is 0 Å². The lowest BCUT2D eigenvalue weighted by atomic mass is 10.1. The topological polar surface area (TPSA) is 58.2 Å². The molecular formula is C12H15ClN2O2. The molecule has 1 rings (SSSR count). The first-order chi connectivity index (χ1) is 8.15. The Morgan fingerprint density at radius 2 is 1.82 bits per heavy atom. The smallest absolute Gasteiger partial charge is 0.239 e. The Hall–Kier alpha value is -1.55. The van der Waals surface area contributed by atoms with Crippen molar-refractivity contribution in [3.63, 3.8) is 0 Å². The van der Waals surface area contributed by atoms with E-state index in [0.29, 0.717) is 18.7 Å². The van der Waals surface area contributed by atoms with Crippen molar-refractivity contribution in [1.29, 1.82) is 0 Å². The number of nitrogens with one attached hydrogen (secondary N) is 2. The highest BCUT2D eigenvalue weighted by Crippen LogP contribution is 2.10. The van der Waals surface area contributed by atoms with Gasteiger partial charge in [0, 0.05) is 12.2 Å². The second-order valence-corrected chi connectivity index (χ2v) is 3.78. The average molecular weight is 255 g/mol. The molecule has 0 saturated heterocycles. The minimum absolute atomic E-state index is 0.00922. The molecule has 0 aromatic heterocycles. The van der Waals surface area contributed by atoms with Gasteiger partial charge in [-0.1, -0.05) is 12.1 Å². The van der Waals surface area contributed by atoms with E-state index in [9.17, 15) is 9.59 Å². The van der Waals surface area contributed by atoms with Gasteiger partial charge >= 0.3 is 0 Å². The second kappa shape index (κ2) is 6.91. The quantitative estimate of drug-likeness (QED) is 0.783. The molecule has 0 saturated carbocycles. The van der Waals surface area contributed by atoms with Crippen LogP contribution in [0.15, 0.2) is 24.3 Å². The molecule has 4 nitrogen and oxygen atoms in total. The van der Waals surface area contributed by atoms with Crippen LogP contribution in [0.2, 0.25) is 0 Å². The molecule has 1 aromatic carbocycles. The number of halogens is 1. The lowest BCUT2D eigenvalue weighted by Crippen LogP contribution is -2.24. The zero-order chi connectivity index (χ0) is 12.7. The van der Waals surface area contributed by atoms with E-state index in [1.807, 2.05) is 6.92 Å². The molecule has 0 spiro atoms. The molecule has 92 valence electrons. The van der Waals surface area contributed by atoms with Crippen LogP contribution >= 0.6 is 11.6 Å². The van der Waals surface area contributed by atoms with E-state index in [0.717, 1.165) is 5.56 Å².